The van der Waals surface area contributed by atoms with Gasteiger partial charge in [-0.05, 0) is 48.9 Å². The molecule has 0 aliphatic heterocycles. The second kappa shape index (κ2) is 5.32. The first kappa shape index (κ1) is 12.1. The van der Waals surface area contributed by atoms with Crippen LogP contribution in [0.4, 0.5) is 0 Å². The molecule has 0 radical (unpaired) electrons. The summed E-state index contributed by atoms with van der Waals surface area (Å²) >= 11 is 1.71. The van der Waals surface area contributed by atoms with Crippen LogP contribution in [-0.4, -0.2) is 16.0 Å². The molecule has 0 fully saturated rings. The minimum Gasteiger partial charge on any atom is -0.149 e. The molecule has 0 unspecified atom stereocenters. The van der Waals surface area contributed by atoms with Gasteiger partial charge in [-0.3, -0.25) is 0 Å². The summed E-state index contributed by atoms with van der Waals surface area (Å²) < 4.78 is 0. The molecule has 1 heterocycles. The second-order valence-corrected chi connectivity index (χ2v) is 5.27. The first-order chi connectivity index (χ1) is 8.20. The van der Waals surface area contributed by atoms with Crippen molar-refractivity contribution < 1.29 is 0 Å². The number of aromatic nitrogens is 2. The van der Waals surface area contributed by atoms with Gasteiger partial charge in [-0.15, -0.1) is 22.0 Å². The SMILES string of the molecule is CCSc1ccc(-c2ccc(C)c(C)c2)nn1. The van der Waals surface area contributed by atoms with E-state index in [2.05, 4.69) is 49.2 Å². The average molecular weight is 244 g/mol. The van der Waals surface area contributed by atoms with E-state index in [0.29, 0.717) is 0 Å². The third-order valence-corrected chi connectivity index (χ3v) is 3.54. The summed E-state index contributed by atoms with van der Waals surface area (Å²) in [6, 6.07) is 10.5. The van der Waals surface area contributed by atoms with Crippen LogP contribution in [0.3, 0.4) is 0 Å². The average Bonchev–Trinajstić information content (AvgIpc) is 2.34. The number of thioether (sulfide) groups is 1. The first-order valence-electron chi connectivity index (χ1n) is 5.75. The lowest BCUT2D eigenvalue weighted by atomic mass is 10.0. The van der Waals surface area contributed by atoms with Gasteiger partial charge in [0.2, 0.25) is 0 Å². The van der Waals surface area contributed by atoms with Gasteiger partial charge in [-0.1, -0.05) is 19.1 Å². The summed E-state index contributed by atoms with van der Waals surface area (Å²) in [4.78, 5) is 0. The molecule has 2 rings (SSSR count). The minimum atomic E-state index is 0.938. The zero-order chi connectivity index (χ0) is 12.3. The summed E-state index contributed by atoms with van der Waals surface area (Å²) in [6.07, 6.45) is 0. The topological polar surface area (TPSA) is 25.8 Å². The Morgan fingerprint density at radius 1 is 1.00 bits per heavy atom. The van der Waals surface area contributed by atoms with Crippen LogP contribution in [0, 0.1) is 13.8 Å². The van der Waals surface area contributed by atoms with Crippen LogP contribution in [0.15, 0.2) is 35.4 Å². The Morgan fingerprint density at radius 3 is 2.41 bits per heavy atom. The third kappa shape index (κ3) is 2.86. The molecular weight excluding hydrogens is 228 g/mol. The summed E-state index contributed by atoms with van der Waals surface area (Å²) in [5.41, 5.74) is 4.67. The van der Waals surface area contributed by atoms with Gasteiger partial charge in [-0.2, -0.15) is 0 Å². The highest BCUT2D eigenvalue weighted by Gasteiger charge is 2.02. The zero-order valence-electron chi connectivity index (χ0n) is 10.4. The molecule has 0 spiro atoms. The number of rotatable bonds is 3. The fourth-order valence-corrected chi connectivity index (χ4v) is 2.16. The highest BCUT2D eigenvalue weighted by atomic mass is 32.2. The monoisotopic (exact) mass is 244 g/mol. The van der Waals surface area contributed by atoms with Gasteiger partial charge < -0.3 is 0 Å². The van der Waals surface area contributed by atoms with Gasteiger partial charge >= 0.3 is 0 Å². The van der Waals surface area contributed by atoms with Gasteiger partial charge in [0, 0.05) is 5.56 Å². The molecule has 1 aromatic heterocycles. The molecule has 2 nitrogen and oxygen atoms in total. The van der Waals surface area contributed by atoms with E-state index in [1.807, 2.05) is 12.1 Å². The van der Waals surface area contributed by atoms with Gasteiger partial charge in [0.15, 0.2) is 0 Å². The zero-order valence-corrected chi connectivity index (χ0v) is 11.2. The number of hydrogen-bond acceptors (Lipinski definition) is 3. The van der Waals surface area contributed by atoms with Crippen molar-refractivity contribution in [2.45, 2.75) is 25.8 Å². The maximum atomic E-state index is 4.27. The van der Waals surface area contributed by atoms with Gasteiger partial charge in [0.25, 0.3) is 0 Å². The lowest BCUT2D eigenvalue weighted by Crippen LogP contribution is -1.90. The standard InChI is InChI=1S/C14H16N2S/c1-4-17-14-8-7-13(15-16-14)12-6-5-10(2)11(3)9-12/h5-9H,4H2,1-3H3. The van der Waals surface area contributed by atoms with Crippen LogP contribution >= 0.6 is 11.8 Å². The van der Waals surface area contributed by atoms with Crippen molar-refractivity contribution in [2.24, 2.45) is 0 Å². The molecule has 1 aromatic carbocycles. The fourth-order valence-electron chi connectivity index (χ4n) is 1.60. The molecule has 0 atom stereocenters. The number of nitrogens with zero attached hydrogens (tertiary/aromatic N) is 2. The molecule has 17 heavy (non-hydrogen) atoms. The molecule has 0 aliphatic rings. The van der Waals surface area contributed by atoms with Crippen LogP contribution in [0.25, 0.3) is 11.3 Å². The van der Waals surface area contributed by atoms with Crippen molar-refractivity contribution in [1.82, 2.24) is 10.2 Å². The van der Waals surface area contributed by atoms with Crippen LogP contribution in [-0.2, 0) is 0 Å². The smallest absolute Gasteiger partial charge is 0.119 e. The first-order valence-corrected chi connectivity index (χ1v) is 6.73. The third-order valence-electron chi connectivity index (χ3n) is 2.73. The van der Waals surface area contributed by atoms with E-state index in [4.69, 9.17) is 0 Å². The lowest BCUT2D eigenvalue weighted by Gasteiger charge is -2.04. The van der Waals surface area contributed by atoms with Gasteiger partial charge in [-0.25, -0.2) is 0 Å². The molecule has 0 N–H and O–H groups in total. The molecule has 88 valence electrons. The molecule has 0 bridgehead atoms. The molecule has 0 aliphatic carbocycles. The summed E-state index contributed by atoms with van der Waals surface area (Å²) in [6.45, 7) is 6.35. The van der Waals surface area contributed by atoms with Crippen molar-refractivity contribution in [3.63, 3.8) is 0 Å². The van der Waals surface area contributed by atoms with Crippen molar-refractivity contribution in [2.75, 3.05) is 5.75 Å². The van der Waals surface area contributed by atoms with E-state index in [9.17, 15) is 0 Å². The number of aryl methyl sites for hydroxylation is 2. The maximum absolute atomic E-state index is 4.27. The molecule has 0 saturated carbocycles. The predicted octanol–water partition coefficient (Wildman–Crippen LogP) is 3.87. The summed E-state index contributed by atoms with van der Waals surface area (Å²) in [5, 5.41) is 9.46. The van der Waals surface area contributed by atoms with E-state index >= 15 is 0 Å². The van der Waals surface area contributed by atoms with E-state index in [-0.39, 0.29) is 0 Å². The van der Waals surface area contributed by atoms with E-state index in [1.165, 1.54) is 11.1 Å². The molecular formula is C14H16N2S. The van der Waals surface area contributed by atoms with Crippen LogP contribution in [0.1, 0.15) is 18.1 Å². The predicted molar refractivity (Wildman–Crippen MR) is 73.3 cm³/mol. The van der Waals surface area contributed by atoms with Crippen LogP contribution in [0.5, 0.6) is 0 Å². The summed E-state index contributed by atoms with van der Waals surface area (Å²) in [5.74, 6) is 1.03. The molecule has 2 aromatic rings. The van der Waals surface area contributed by atoms with Gasteiger partial charge in [0.1, 0.15) is 5.03 Å². The fraction of sp³-hybridized carbons (Fsp3) is 0.286. The van der Waals surface area contributed by atoms with E-state index in [0.717, 1.165) is 22.0 Å². The quantitative estimate of drug-likeness (QED) is 0.766. The highest BCUT2D eigenvalue weighted by molar-refractivity contribution is 7.99. The van der Waals surface area contributed by atoms with Crippen LogP contribution < -0.4 is 0 Å². The Balaban J connectivity index is 2.30. The number of hydrogen-bond donors (Lipinski definition) is 0. The van der Waals surface area contributed by atoms with E-state index < -0.39 is 0 Å². The van der Waals surface area contributed by atoms with Crippen molar-refractivity contribution in [3.8, 4) is 11.3 Å². The largest absolute Gasteiger partial charge is 0.149 e. The normalized spacial score (nSPS) is 10.5. The van der Waals surface area contributed by atoms with Gasteiger partial charge in [0.05, 0.1) is 5.69 Å². The second-order valence-electron chi connectivity index (χ2n) is 3.99. The van der Waals surface area contributed by atoms with Crippen molar-refractivity contribution >= 4 is 11.8 Å². The number of benzene rings is 1. The van der Waals surface area contributed by atoms with Crippen molar-refractivity contribution in [1.29, 1.82) is 0 Å². The summed E-state index contributed by atoms with van der Waals surface area (Å²) in [7, 11) is 0. The Morgan fingerprint density at radius 2 is 1.82 bits per heavy atom. The lowest BCUT2D eigenvalue weighted by molar-refractivity contribution is 0.936. The Labute approximate surface area is 106 Å². The Bertz CT molecular complexity index is 506. The van der Waals surface area contributed by atoms with Crippen molar-refractivity contribution in [3.05, 3.63) is 41.5 Å². The molecule has 0 saturated heterocycles. The van der Waals surface area contributed by atoms with E-state index in [1.54, 1.807) is 11.8 Å². The molecule has 3 heteroatoms. The Kier molecular flexibility index (Phi) is 3.79. The highest BCUT2D eigenvalue weighted by Crippen LogP contribution is 2.21. The van der Waals surface area contributed by atoms with Crippen LogP contribution in [0.2, 0.25) is 0 Å². The molecule has 0 amide bonds. The minimum absolute atomic E-state index is 0.938. The Hall–Kier alpha value is -1.35. The maximum Gasteiger partial charge on any atom is 0.119 e.